The van der Waals surface area contributed by atoms with Crippen molar-refractivity contribution in [1.29, 1.82) is 0 Å². The van der Waals surface area contributed by atoms with Gasteiger partial charge in [0.1, 0.15) is 17.0 Å². The molecule has 6 nitrogen and oxygen atoms in total. The summed E-state index contributed by atoms with van der Waals surface area (Å²) in [6.07, 6.45) is 3.92. The Morgan fingerprint density at radius 2 is 2.17 bits per heavy atom. The summed E-state index contributed by atoms with van der Waals surface area (Å²) in [5.41, 5.74) is 0.608. The molecule has 24 heavy (non-hydrogen) atoms. The summed E-state index contributed by atoms with van der Waals surface area (Å²) < 4.78 is 42.1. The van der Waals surface area contributed by atoms with Gasteiger partial charge in [0.15, 0.2) is 9.84 Å². The van der Waals surface area contributed by atoms with E-state index in [4.69, 9.17) is 4.74 Å². The zero-order valence-corrected chi connectivity index (χ0v) is 15.4. The number of hydrogen-bond acceptors (Lipinski definition) is 7. The fourth-order valence-corrected chi connectivity index (χ4v) is 4.75. The summed E-state index contributed by atoms with van der Waals surface area (Å²) in [6.45, 7) is 6.66. The molecule has 1 aliphatic rings. The molecule has 1 aromatic heterocycles. The first kappa shape index (κ1) is 19.1. The van der Waals surface area contributed by atoms with E-state index in [2.05, 4.69) is 21.9 Å². The molecule has 1 atom stereocenters. The predicted molar refractivity (Wildman–Crippen MR) is 92.6 cm³/mol. The van der Waals surface area contributed by atoms with Crippen LogP contribution in [0.5, 0.6) is 5.88 Å². The van der Waals surface area contributed by atoms with Gasteiger partial charge in [-0.15, -0.1) is 0 Å². The van der Waals surface area contributed by atoms with Crippen molar-refractivity contribution in [2.24, 2.45) is 0 Å². The second kappa shape index (κ2) is 8.26. The van der Waals surface area contributed by atoms with Gasteiger partial charge >= 0.3 is 0 Å². The Hall–Kier alpha value is -1.19. The number of hydrogen-bond donors (Lipinski definition) is 1. The molecule has 2 rings (SSSR count). The summed E-state index contributed by atoms with van der Waals surface area (Å²) in [5, 5.41) is 3.25. The van der Waals surface area contributed by atoms with Crippen LogP contribution in [0.4, 0.5) is 4.39 Å². The van der Waals surface area contributed by atoms with Crippen LogP contribution in [0.1, 0.15) is 25.0 Å². The molecule has 0 aromatic carbocycles. The minimum Gasteiger partial charge on any atom is -0.473 e. The highest BCUT2D eigenvalue weighted by Gasteiger charge is 2.27. The van der Waals surface area contributed by atoms with E-state index >= 15 is 0 Å². The zero-order chi connectivity index (χ0) is 17.7. The van der Waals surface area contributed by atoms with Gasteiger partial charge < -0.3 is 10.1 Å². The molecule has 0 spiro atoms. The second-order valence-corrected chi connectivity index (χ2v) is 9.50. The average molecular weight is 375 g/mol. The molecular formula is C15H22FN3O3S2. The average Bonchev–Trinajstić information content (AvgIpc) is 2.49. The molecule has 0 aliphatic carbocycles. The van der Waals surface area contributed by atoms with E-state index in [1.165, 1.54) is 6.33 Å². The van der Waals surface area contributed by atoms with Crippen LogP contribution in [0.15, 0.2) is 23.6 Å². The topological polar surface area (TPSA) is 81.2 Å². The maximum atomic E-state index is 13.2. The zero-order valence-electron chi connectivity index (χ0n) is 13.8. The van der Waals surface area contributed by atoms with Crippen LogP contribution in [0.2, 0.25) is 0 Å². The number of ether oxygens (including phenoxy) is 1. The van der Waals surface area contributed by atoms with Crippen molar-refractivity contribution < 1.29 is 17.5 Å². The lowest BCUT2D eigenvalue weighted by Crippen LogP contribution is -2.34. The first-order chi connectivity index (χ1) is 11.3. The highest BCUT2D eigenvalue weighted by molar-refractivity contribution is 8.13. The molecule has 0 bridgehead atoms. The molecule has 1 aliphatic heterocycles. The number of sulfone groups is 1. The fraction of sp³-hybridized carbons (Fsp3) is 0.600. The van der Waals surface area contributed by atoms with Crippen LogP contribution in [0.3, 0.4) is 0 Å². The third kappa shape index (κ3) is 5.42. The van der Waals surface area contributed by atoms with Crippen LogP contribution in [-0.2, 0) is 9.84 Å². The molecule has 0 radical (unpaired) electrons. The number of nitrogens with one attached hydrogen (secondary N) is 1. The first-order valence-electron chi connectivity index (χ1n) is 7.65. The molecule has 9 heteroatoms. The van der Waals surface area contributed by atoms with Crippen molar-refractivity contribution in [3.63, 3.8) is 0 Å². The second-order valence-electron chi connectivity index (χ2n) is 5.76. The Labute approximate surface area is 146 Å². The summed E-state index contributed by atoms with van der Waals surface area (Å²) in [4.78, 5) is 8.81. The van der Waals surface area contributed by atoms with Gasteiger partial charge in [0.05, 0.1) is 16.4 Å². The molecule has 1 aromatic rings. The minimum absolute atomic E-state index is 0.0210. The van der Waals surface area contributed by atoms with Gasteiger partial charge in [0, 0.05) is 12.7 Å². The number of piperidine rings is 1. The Bertz CT molecular complexity index is 691. The Morgan fingerprint density at radius 1 is 1.50 bits per heavy atom. The molecule has 1 fully saturated rings. The van der Waals surface area contributed by atoms with Crippen LogP contribution in [-0.4, -0.2) is 48.4 Å². The number of aryl methyl sites for hydroxylation is 1. The number of thioether (sulfide) groups is 1. The van der Waals surface area contributed by atoms with E-state index in [1.807, 2.05) is 0 Å². The van der Waals surface area contributed by atoms with Gasteiger partial charge in [0.2, 0.25) is 5.88 Å². The van der Waals surface area contributed by atoms with Gasteiger partial charge in [-0.05, 0) is 32.9 Å². The van der Waals surface area contributed by atoms with Crippen LogP contribution in [0, 0.1) is 6.92 Å². The van der Waals surface area contributed by atoms with Crippen molar-refractivity contribution in [2.75, 3.05) is 19.3 Å². The summed E-state index contributed by atoms with van der Waals surface area (Å²) in [6, 6.07) is 0. The molecule has 0 amide bonds. The molecule has 134 valence electrons. The molecule has 1 unspecified atom stereocenters. The van der Waals surface area contributed by atoms with E-state index in [-0.39, 0.29) is 12.5 Å². The summed E-state index contributed by atoms with van der Waals surface area (Å²) in [5.74, 6) is -0.314. The van der Waals surface area contributed by atoms with E-state index in [0.717, 1.165) is 43.9 Å². The van der Waals surface area contributed by atoms with Crippen molar-refractivity contribution in [3.05, 3.63) is 24.4 Å². The van der Waals surface area contributed by atoms with Crippen LogP contribution < -0.4 is 10.1 Å². The van der Waals surface area contributed by atoms with Gasteiger partial charge in [-0.3, -0.25) is 0 Å². The van der Waals surface area contributed by atoms with Crippen LogP contribution in [0.25, 0.3) is 0 Å². The lowest BCUT2D eigenvalue weighted by Gasteiger charge is -2.25. The standard InChI is InChI=1S/C15H22FN3O3S2/c1-10(16)8-13(24(3,20)21)23-14-11(2)18-9-19-15(14)22-12-4-6-17-7-5-12/h9,12-13,17H,1,4-8H2,2-3H3. The van der Waals surface area contributed by atoms with Gasteiger partial charge in [0.25, 0.3) is 0 Å². The monoisotopic (exact) mass is 375 g/mol. The molecule has 2 heterocycles. The lowest BCUT2D eigenvalue weighted by molar-refractivity contribution is 0.151. The van der Waals surface area contributed by atoms with E-state index in [1.54, 1.807) is 6.92 Å². The van der Waals surface area contributed by atoms with Crippen LogP contribution >= 0.6 is 11.8 Å². The van der Waals surface area contributed by atoms with E-state index in [0.29, 0.717) is 16.5 Å². The minimum atomic E-state index is -3.48. The Balaban J connectivity index is 2.25. The van der Waals surface area contributed by atoms with Crippen molar-refractivity contribution >= 4 is 21.6 Å². The maximum Gasteiger partial charge on any atom is 0.231 e. The predicted octanol–water partition coefficient (Wildman–Crippen LogP) is 2.25. The number of aromatic nitrogens is 2. The third-order valence-electron chi connectivity index (χ3n) is 3.63. The van der Waals surface area contributed by atoms with Gasteiger partial charge in [-0.25, -0.2) is 22.8 Å². The van der Waals surface area contributed by atoms with E-state index in [9.17, 15) is 12.8 Å². The fourth-order valence-electron chi connectivity index (χ4n) is 2.32. The molecular weight excluding hydrogens is 353 g/mol. The number of nitrogens with zero attached hydrogens (tertiary/aromatic N) is 2. The largest absolute Gasteiger partial charge is 0.473 e. The van der Waals surface area contributed by atoms with Gasteiger partial charge in [-0.1, -0.05) is 18.3 Å². The highest BCUT2D eigenvalue weighted by atomic mass is 32.3. The SMILES string of the molecule is C=C(F)CC(Sc1c(C)ncnc1OC1CCNCC1)S(C)(=O)=O. The summed E-state index contributed by atoms with van der Waals surface area (Å²) >= 11 is 1.01. The Morgan fingerprint density at radius 3 is 2.75 bits per heavy atom. The summed E-state index contributed by atoms with van der Waals surface area (Å²) in [7, 11) is -3.48. The Kier molecular flexibility index (Phi) is 6.59. The number of allylic oxidation sites excluding steroid dienone is 1. The molecule has 1 N–H and O–H groups in total. The van der Waals surface area contributed by atoms with Crippen molar-refractivity contribution in [2.45, 2.75) is 41.8 Å². The first-order valence-corrected chi connectivity index (χ1v) is 10.5. The smallest absolute Gasteiger partial charge is 0.231 e. The van der Waals surface area contributed by atoms with Crippen molar-refractivity contribution in [3.8, 4) is 5.88 Å². The quantitative estimate of drug-likeness (QED) is 0.732. The number of halogens is 1. The number of rotatable bonds is 7. The normalized spacial score (nSPS) is 17.5. The third-order valence-corrected chi connectivity index (χ3v) is 7.22. The van der Waals surface area contributed by atoms with E-state index < -0.39 is 20.2 Å². The highest BCUT2D eigenvalue weighted by Crippen LogP contribution is 2.37. The molecule has 0 saturated carbocycles. The van der Waals surface area contributed by atoms with Crippen molar-refractivity contribution in [1.82, 2.24) is 15.3 Å². The lowest BCUT2D eigenvalue weighted by atomic mass is 10.1. The van der Waals surface area contributed by atoms with Gasteiger partial charge in [-0.2, -0.15) is 0 Å². The molecule has 1 saturated heterocycles. The maximum absolute atomic E-state index is 13.2.